The summed E-state index contributed by atoms with van der Waals surface area (Å²) in [6.07, 6.45) is 0. The highest BCUT2D eigenvalue weighted by atomic mass is 16.3. The van der Waals surface area contributed by atoms with Crippen LogP contribution in [0.4, 0.5) is 0 Å². The van der Waals surface area contributed by atoms with Crippen LogP contribution in [0.25, 0.3) is 0 Å². The monoisotopic (exact) mass is 158 g/mol. The molecule has 1 unspecified atom stereocenters. The summed E-state index contributed by atoms with van der Waals surface area (Å²) in [7, 11) is 0. The number of nitrogens with zero attached hydrogens (tertiary/aromatic N) is 1. The van der Waals surface area contributed by atoms with Gasteiger partial charge < -0.3 is 10.8 Å². The van der Waals surface area contributed by atoms with Crippen molar-refractivity contribution in [3.63, 3.8) is 0 Å². The Morgan fingerprint density at radius 3 is 2.45 bits per heavy atom. The van der Waals surface area contributed by atoms with Gasteiger partial charge in [-0.15, -0.1) is 0 Å². The second-order valence-corrected chi connectivity index (χ2v) is 3.65. The smallest absolute Gasteiger partial charge is 0.0486 e. The Balaban J connectivity index is 2.43. The summed E-state index contributed by atoms with van der Waals surface area (Å²) in [4.78, 5) is 2.31. The van der Waals surface area contributed by atoms with Crippen LogP contribution in [0, 0.1) is 5.92 Å². The zero-order valence-corrected chi connectivity index (χ0v) is 7.33. The van der Waals surface area contributed by atoms with Gasteiger partial charge in [-0.2, -0.15) is 0 Å². The third-order valence-electron chi connectivity index (χ3n) is 2.48. The van der Waals surface area contributed by atoms with E-state index in [-0.39, 0.29) is 18.6 Å². The summed E-state index contributed by atoms with van der Waals surface area (Å²) in [5.74, 6) is 0.289. The highest BCUT2D eigenvalue weighted by Gasteiger charge is 2.30. The molecule has 0 aromatic rings. The van der Waals surface area contributed by atoms with Crippen molar-refractivity contribution in [2.24, 2.45) is 11.7 Å². The molecule has 66 valence electrons. The number of rotatable bonds is 2. The predicted molar refractivity (Wildman–Crippen MR) is 45.3 cm³/mol. The van der Waals surface area contributed by atoms with Crippen molar-refractivity contribution in [3.05, 3.63) is 0 Å². The molecule has 0 spiro atoms. The Morgan fingerprint density at radius 2 is 2.18 bits per heavy atom. The first kappa shape index (κ1) is 8.97. The van der Waals surface area contributed by atoms with Crippen LogP contribution >= 0.6 is 0 Å². The summed E-state index contributed by atoms with van der Waals surface area (Å²) >= 11 is 0. The Labute approximate surface area is 68.2 Å². The molecular weight excluding hydrogens is 140 g/mol. The van der Waals surface area contributed by atoms with Crippen molar-refractivity contribution in [2.75, 3.05) is 19.7 Å². The third kappa shape index (κ3) is 1.92. The van der Waals surface area contributed by atoms with Gasteiger partial charge in [-0.3, -0.25) is 4.90 Å². The van der Waals surface area contributed by atoms with Crippen molar-refractivity contribution in [1.82, 2.24) is 4.90 Å². The first-order valence-electron chi connectivity index (χ1n) is 4.25. The summed E-state index contributed by atoms with van der Waals surface area (Å²) < 4.78 is 0. The number of likely N-dealkylation sites (tertiary alicyclic amines) is 1. The van der Waals surface area contributed by atoms with Gasteiger partial charge >= 0.3 is 0 Å². The zero-order chi connectivity index (χ0) is 8.43. The lowest BCUT2D eigenvalue weighted by Gasteiger charge is -2.19. The SMILES string of the molecule is CC(C)N1CC(CO)[C@@H](N)C1. The molecule has 0 aromatic carbocycles. The summed E-state index contributed by atoms with van der Waals surface area (Å²) in [5, 5.41) is 8.93. The van der Waals surface area contributed by atoms with Crippen LogP contribution in [0.3, 0.4) is 0 Å². The normalized spacial score (nSPS) is 33.5. The van der Waals surface area contributed by atoms with Crippen molar-refractivity contribution in [1.29, 1.82) is 0 Å². The largest absolute Gasteiger partial charge is 0.396 e. The Hall–Kier alpha value is -0.120. The maximum absolute atomic E-state index is 8.93. The van der Waals surface area contributed by atoms with Gasteiger partial charge in [0.05, 0.1) is 0 Å². The highest BCUT2D eigenvalue weighted by molar-refractivity contribution is 4.87. The van der Waals surface area contributed by atoms with Gasteiger partial charge in [-0.25, -0.2) is 0 Å². The van der Waals surface area contributed by atoms with E-state index in [4.69, 9.17) is 10.8 Å². The quantitative estimate of drug-likeness (QED) is 0.577. The first-order chi connectivity index (χ1) is 5.15. The Morgan fingerprint density at radius 1 is 1.55 bits per heavy atom. The molecule has 1 fully saturated rings. The second kappa shape index (κ2) is 3.52. The molecule has 1 aliphatic rings. The maximum Gasteiger partial charge on any atom is 0.0486 e. The fraction of sp³-hybridized carbons (Fsp3) is 1.00. The molecule has 0 aliphatic carbocycles. The molecule has 1 heterocycles. The number of nitrogens with two attached hydrogens (primary N) is 1. The van der Waals surface area contributed by atoms with Crippen molar-refractivity contribution in [3.8, 4) is 0 Å². The van der Waals surface area contributed by atoms with E-state index in [1.807, 2.05) is 0 Å². The van der Waals surface area contributed by atoms with Gasteiger partial charge in [0.25, 0.3) is 0 Å². The van der Waals surface area contributed by atoms with Crippen LogP contribution in [-0.4, -0.2) is 41.8 Å². The molecular formula is C8H18N2O. The van der Waals surface area contributed by atoms with E-state index in [2.05, 4.69) is 18.7 Å². The molecule has 1 saturated heterocycles. The third-order valence-corrected chi connectivity index (χ3v) is 2.48. The average Bonchev–Trinajstić information content (AvgIpc) is 2.31. The van der Waals surface area contributed by atoms with Crippen molar-refractivity contribution >= 4 is 0 Å². The van der Waals surface area contributed by atoms with Crippen molar-refractivity contribution in [2.45, 2.75) is 25.9 Å². The molecule has 1 rings (SSSR count). The highest BCUT2D eigenvalue weighted by Crippen LogP contribution is 2.16. The van der Waals surface area contributed by atoms with Crippen LogP contribution in [0.1, 0.15) is 13.8 Å². The average molecular weight is 158 g/mol. The number of hydrogen-bond donors (Lipinski definition) is 2. The number of aliphatic hydroxyl groups excluding tert-OH is 1. The molecule has 0 amide bonds. The van der Waals surface area contributed by atoms with E-state index in [0.29, 0.717) is 6.04 Å². The zero-order valence-electron chi connectivity index (χ0n) is 7.33. The van der Waals surface area contributed by atoms with E-state index in [1.165, 1.54) is 0 Å². The predicted octanol–water partition coefficient (Wildman–Crippen LogP) is -0.354. The molecule has 0 aromatic heterocycles. The molecule has 11 heavy (non-hydrogen) atoms. The van der Waals surface area contributed by atoms with E-state index in [9.17, 15) is 0 Å². The molecule has 2 atom stereocenters. The Bertz CT molecular complexity index is 127. The summed E-state index contributed by atoms with van der Waals surface area (Å²) in [5.41, 5.74) is 5.82. The van der Waals surface area contributed by atoms with Crippen LogP contribution in [0.15, 0.2) is 0 Å². The summed E-state index contributed by atoms with van der Waals surface area (Å²) in [6, 6.07) is 0.722. The van der Waals surface area contributed by atoms with Crippen LogP contribution in [-0.2, 0) is 0 Å². The number of hydrogen-bond acceptors (Lipinski definition) is 3. The lowest BCUT2D eigenvalue weighted by atomic mass is 10.1. The van der Waals surface area contributed by atoms with E-state index in [1.54, 1.807) is 0 Å². The van der Waals surface area contributed by atoms with Gasteiger partial charge in [-0.05, 0) is 13.8 Å². The molecule has 1 aliphatic heterocycles. The van der Waals surface area contributed by atoms with Crippen LogP contribution < -0.4 is 5.73 Å². The van der Waals surface area contributed by atoms with E-state index in [0.717, 1.165) is 13.1 Å². The number of aliphatic hydroxyl groups is 1. The lowest BCUT2D eigenvalue weighted by molar-refractivity contribution is 0.206. The molecule has 0 radical (unpaired) electrons. The molecule has 0 bridgehead atoms. The van der Waals surface area contributed by atoms with Gasteiger partial charge in [0.1, 0.15) is 0 Å². The standard InChI is InChI=1S/C8H18N2O/c1-6(2)10-3-7(5-11)8(9)4-10/h6-8,11H,3-5,9H2,1-2H3/t7?,8-/m0/s1. The fourth-order valence-corrected chi connectivity index (χ4v) is 1.55. The van der Waals surface area contributed by atoms with Gasteiger partial charge in [0.2, 0.25) is 0 Å². The van der Waals surface area contributed by atoms with Gasteiger partial charge in [0.15, 0.2) is 0 Å². The minimum Gasteiger partial charge on any atom is -0.396 e. The second-order valence-electron chi connectivity index (χ2n) is 3.65. The molecule has 3 N–H and O–H groups in total. The van der Waals surface area contributed by atoms with Crippen molar-refractivity contribution < 1.29 is 5.11 Å². The molecule has 0 saturated carbocycles. The fourth-order valence-electron chi connectivity index (χ4n) is 1.55. The van der Waals surface area contributed by atoms with Crippen LogP contribution in [0.5, 0.6) is 0 Å². The first-order valence-corrected chi connectivity index (χ1v) is 4.25. The topological polar surface area (TPSA) is 49.5 Å². The summed E-state index contributed by atoms with van der Waals surface area (Å²) in [6.45, 7) is 6.43. The molecule has 3 heteroatoms. The van der Waals surface area contributed by atoms with Gasteiger partial charge in [-0.1, -0.05) is 0 Å². The van der Waals surface area contributed by atoms with Crippen LogP contribution in [0.2, 0.25) is 0 Å². The minimum absolute atomic E-state index is 0.169. The van der Waals surface area contributed by atoms with Gasteiger partial charge in [0, 0.05) is 37.7 Å². The molecule has 3 nitrogen and oxygen atoms in total. The Kier molecular flexibility index (Phi) is 2.87. The minimum atomic E-state index is 0.169. The lowest BCUT2D eigenvalue weighted by Crippen LogP contribution is -2.32. The van der Waals surface area contributed by atoms with E-state index < -0.39 is 0 Å². The van der Waals surface area contributed by atoms with E-state index >= 15 is 0 Å². The maximum atomic E-state index is 8.93.